The van der Waals surface area contributed by atoms with Gasteiger partial charge in [-0.15, -0.1) is 0 Å². The maximum atomic E-state index is 12.5. The Balaban J connectivity index is 1.79. The first-order valence-corrected chi connectivity index (χ1v) is 6.32. The van der Waals surface area contributed by atoms with Crippen LogP contribution in [0.4, 0.5) is 5.69 Å². The van der Waals surface area contributed by atoms with Crippen LogP contribution in [0.2, 0.25) is 0 Å². The molecule has 2 amide bonds. The Labute approximate surface area is 110 Å². The molecule has 1 heterocycles. The van der Waals surface area contributed by atoms with Crippen molar-refractivity contribution >= 4 is 17.5 Å². The van der Waals surface area contributed by atoms with E-state index < -0.39 is 0 Å². The Morgan fingerprint density at radius 1 is 1.05 bits per heavy atom. The second-order valence-corrected chi connectivity index (χ2v) is 4.92. The van der Waals surface area contributed by atoms with Crippen molar-refractivity contribution in [3.8, 4) is 0 Å². The summed E-state index contributed by atoms with van der Waals surface area (Å²) in [5.41, 5.74) is 3.13. The molecule has 2 aliphatic carbocycles. The van der Waals surface area contributed by atoms with E-state index in [9.17, 15) is 9.59 Å². The average Bonchev–Trinajstić information content (AvgIpc) is 3.13. The van der Waals surface area contributed by atoms with Gasteiger partial charge in [0.15, 0.2) is 0 Å². The highest BCUT2D eigenvalue weighted by molar-refractivity contribution is 6.33. The summed E-state index contributed by atoms with van der Waals surface area (Å²) in [5, 5.41) is 0. The highest BCUT2D eigenvalue weighted by atomic mass is 16.2. The number of para-hydroxylation sites is 1. The van der Waals surface area contributed by atoms with Crippen LogP contribution in [0.1, 0.15) is 6.42 Å². The van der Waals surface area contributed by atoms with Gasteiger partial charge < -0.3 is 0 Å². The van der Waals surface area contributed by atoms with Gasteiger partial charge in [-0.1, -0.05) is 36.4 Å². The van der Waals surface area contributed by atoms with Crippen molar-refractivity contribution in [2.75, 3.05) is 4.90 Å². The average molecular weight is 249 g/mol. The van der Waals surface area contributed by atoms with Crippen LogP contribution in [0.3, 0.4) is 0 Å². The zero-order valence-electron chi connectivity index (χ0n) is 10.2. The number of anilines is 1. The Morgan fingerprint density at radius 2 is 1.84 bits per heavy atom. The van der Waals surface area contributed by atoms with E-state index in [4.69, 9.17) is 0 Å². The zero-order chi connectivity index (χ0) is 13.0. The molecule has 0 spiro atoms. The molecule has 3 heteroatoms. The third-order valence-electron chi connectivity index (χ3n) is 3.79. The molecule has 0 aromatic heterocycles. The standard InChI is InChI=1S/C16H11NO2/c18-15-12-8-4-5-10-9-13(10)14(12)16(19)17(15)11-6-2-1-3-7-11/h1-7,9,13H,8H2. The molecule has 1 atom stereocenters. The van der Waals surface area contributed by atoms with Crippen molar-refractivity contribution in [1.29, 1.82) is 0 Å². The second-order valence-electron chi connectivity index (χ2n) is 4.92. The fraction of sp³-hybridized carbons (Fsp3) is 0.125. The number of benzene rings is 1. The Bertz CT molecular complexity index is 695. The first-order valence-electron chi connectivity index (χ1n) is 6.32. The number of fused-ring (bicyclic) bond motifs is 2. The SMILES string of the molecule is O=C1C2=C(C(=O)N1c1ccccc1)C1C=C1C=CC2. The van der Waals surface area contributed by atoms with Gasteiger partial charge in [-0.25, -0.2) is 4.90 Å². The number of imide groups is 1. The van der Waals surface area contributed by atoms with Crippen LogP contribution in [0, 0.1) is 5.92 Å². The van der Waals surface area contributed by atoms with Gasteiger partial charge in [0.25, 0.3) is 11.8 Å². The molecule has 1 aromatic carbocycles. The molecule has 0 N–H and O–H groups in total. The second kappa shape index (κ2) is 3.54. The lowest BCUT2D eigenvalue weighted by atomic mass is 10.0. The normalized spacial score (nSPS) is 24.1. The molecular formula is C16H11NO2. The summed E-state index contributed by atoms with van der Waals surface area (Å²) in [6.45, 7) is 0. The van der Waals surface area contributed by atoms with E-state index in [0.29, 0.717) is 23.3 Å². The third-order valence-corrected chi connectivity index (χ3v) is 3.79. The van der Waals surface area contributed by atoms with Gasteiger partial charge >= 0.3 is 0 Å². The van der Waals surface area contributed by atoms with Crippen LogP contribution < -0.4 is 4.90 Å². The molecule has 0 bridgehead atoms. The lowest BCUT2D eigenvalue weighted by molar-refractivity contribution is -0.120. The Morgan fingerprint density at radius 3 is 2.63 bits per heavy atom. The van der Waals surface area contributed by atoms with E-state index in [1.54, 1.807) is 12.1 Å². The van der Waals surface area contributed by atoms with Crippen LogP contribution in [0.25, 0.3) is 0 Å². The molecular weight excluding hydrogens is 238 g/mol. The molecule has 0 saturated heterocycles. The van der Waals surface area contributed by atoms with Crippen molar-refractivity contribution in [3.05, 3.63) is 65.3 Å². The molecule has 1 aromatic rings. The van der Waals surface area contributed by atoms with E-state index in [1.165, 1.54) is 4.90 Å². The summed E-state index contributed by atoms with van der Waals surface area (Å²) < 4.78 is 0. The summed E-state index contributed by atoms with van der Waals surface area (Å²) in [6, 6.07) is 9.12. The molecule has 0 saturated carbocycles. The molecule has 92 valence electrons. The molecule has 3 nitrogen and oxygen atoms in total. The maximum absolute atomic E-state index is 12.5. The van der Waals surface area contributed by atoms with Crippen molar-refractivity contribution in [3.63, 3.8) is 0 Å². The minimum Gasteiger partial charge on any atom is -0.269 e. The summed E-state index contributed by atoms with van der Waals surface area (Å²) in [5.74, 6) is -0.262. The van der Waals surface area contributed by atoms with E-state index in [2.05, 4.69) is 0 Å². The van der Waals surface area contributed by atoms with Crippen molar-refractivity contribution in [2.45, 2.75) is 6.42 Å². The number of amides is 2. The predicted molar refractivity (Wildman–Crippen MR) is 71.3 cm³/mol. The zero-order valence-corrected chi connectivity index (χ0v) is 10.2. The summed E-state index contributed by atoms with van der Waals surface area (Å²) in [7, 11) is 0. The van der Waals surface area contributed by atoms with E-state index in [-0.39, 0.29) is 17.7 Å². The number of allylic oxidation sites excluding steroid dienone is 4. The monoisotopic (exact) mass is 249 g/mol. The first-order chi connectivity index (χ1) is 9.27. The summed E-state index contributed by atoms with van der Waals surface area (Å²) in [4.78, 5) is 26.3. The first kappa shape index (κ1) is 10.5. The molecule has 1 unspecified atom stereocenters. The van der Waals surface area contributed by atoms with E-state index in [0.717, 1.165) is 5.57 Å². The molecule has 0 radical (unpaired) electrons. The van der Waals surface area contributed by atoms with Crippen molar-refractivity contribution in [1.82, 2.24) is 0 Å². The van der Waals surface area contributed by atoms with Crippen LogP contribution in [0.5, 0.6) is 0 Å². The van der Waals surface area contributed by atoms with Crippen LogP contribution in [-0.2, 0) is 9.59 Å². The predicted octanol–water partition coefficient (Wildman–Crippen LogP) is 2.37. The van der Waals surface area contributed by atoms with Crippen LogP contribution >= 0.6 is 0 Å². The third kappa shape index (κ3) is 1.38. The fourth-order valence-corrected chi connectivity index (χ4v) is 2.79. The number of hydrogen-bond donors (Lipinski definition) is 0. The lowest BCUT2D eigenvalue weighted by Gasteiger charge is -2.15. The number of nitrogens with zero attached hydrogens (tertiary/aromatic N) is 1. The highest BCUT2D eigenvalue weighted by Crippen LogP contribution is 2.45. The van der Waals surface area contributed by atoms with Crippen molar-refractivity contribution in [2.24, 2.45) is 5.92 Å². The number of carbonyl (C=O) groups is 2. The number of hydrogen-bond acceptors (Lipinski definition) is 2. The van der Waals surface area contributed by atoms with Gasteiger partial charge in [-0.3, -0.25) is 9.59 Å². The summed E-state index contributed by atoms with van der Waals surface area (Å²) in [6.07, 6.45) is 6.56. The molecule has 4 rings (SSSR count). The summed E-state index contributed by atoms with van der Waals surface area (Å²) >= 11 is 0. The molecule has 19 heavy (non-hydrogen) atoms. The number of carbonyl (C=O) groups excluding carboxylic acids is 2. The van der Waals surface area contributed by atoms with Gasteiger partial charge in [0.05, 0.1) is 5.69 Å². The number of rotatable bonds is 1. The van der Waals surface area contributed by atoms with E-state index >= 15 is 0 Å². The fourth-order valence-electron chi connectivity index (χ4n) is 2.79. The van der Waals surface area contributed by atoms with Crippen LogP contribution in [0.15, 0.2) is 65.3 Å². The van der Waals surface area contributed by atoms with Gasteiger partial charge in [0.2, 0.25) is 0 Å². The largest absolute Gasteiger partial charge is 0.269 e. The Hall–Kier alpha value is -2.42. The van der Waals surface area contributed by atoms with E-state index in [1.807, 2.05) is 36.4 Å². The van der Waals surface area contributed by atoms with Gasteiger partial charge in [0.1, 0.15) is 0 Å². The quantitative estimate of drug-likeness (QED) is 0.716. The smallest absolute Gasteiger partial charge is 0.262 e. The molecule has 1 aliphatic heterocycles. The van der Waals surface area contributed by atoms with Gasteiger partial charge in [-0.2, -0.15) is 0 Å². The molecule has 0 fully saturated rings. The van der Waals surface area contributed by atoms with Crippen LogP contribution in [-0.4, -0.2) is 11.8 Å². The highest BCUT2D eigenvalue weighted by Gasteiger charge is 2.45. The van der Waals surface area contributed by atoms with Crippen molar-refractivity contribution < 1.29 is 9.59 Å². The Kier molecular flexibility index (Phi) is 1.96. The minimum absolute atomic E-state index is 0.0684. The topological polar surface area (TPSA) is 37.4 Å². The van der Waals surface area contributed by atoms with Gasteiger partial charge in [-0.05, 0) is 24.1 Å². The lowest BCUT2D eigenvalue weighted by Crippen LogP contribution is -2.32. The minimum atomic E-state index is -0.169. The maximum Gasteiger partial charge on any atom is 0.262 e. The molecule has 3 aliphatic rings. The van der Waals surface area contributed by atoms with Gasteiger partial charge in [0, 0.05) is 17.1 Å².